The summed E-state index contributed by atoms with van der Waals surface area (Å²) in [5, 5.41) is 9.00. The number of rotatable bonds is 2. The lowest BCUT2D eigenvalue weighted by molar-refractivity contribution is 0.0121. The maximum Gasteiger partial charge on any atom is 0.131 e. The summed E-state index contributed by atoms with van der Waals surface area (Å²) in [6, 6.07) is 0. The van der Waals surface area contributed by atoms with Crippen molar-refractivity contribution in [3.63, 3.8) is 0 Å². The summed E-state index contributed by atoms with van der Waals surface area (Å²) >= 11 is 6.46. The average molecular weight is 311 g/mol. The highest BCUT2D eigenvalue weighted by Gasteiger charge is 2.45. The van der Waals surface area contributed by atoms with E-state index >= 15 is 0 Å². The molecule has 1 saturated heterocycles. The molecule has 0 aromatic carbocycles. The van der Waals surface area contributed by atoms with Gasteiger partial charge in [-0.15, -0.1) is 0 Å². The molecule has 1 aliphatic carbocycles. The van der Waals surface area contributed by atoms with Crippen molar-refractivity contribution in [2.45, 2.75) is 64.1 Å². The standard InChI is InChI=1S/C16H27ClN4/c1-12-13(14(17)20(4)19-12)9-21-11-15(2,3)18-10-16(21)7-5-6-8-16/h18H,5-11H2,1-4H3. The van der Waals surface area contributed by atoms with Crippen LogP contribution in [0.2, 0.25) is 5.15 Å². The zero-order chi connectivity index (χ0) is 15.3. The summed E-state index contributed by atoms with van der Waals surface area (Å²) in [6.45, 7) is 9.73. The average Bonchev–Trinajstić information content (AvgIpc) is 2.96. The first-order chi connectivity index (χ1) is 9.83. The third kappa shape index (κ3) is 2.73. The molecule has 3 rings (SSSR count). The van der Waals surface area contributed by atoms with Crippen molar-refractivity contribution in [1.82, 2.24) is 20.0 Å². The number of hydrogen-bond acceptors (Lipinski definition) is 3. The van der Waals surface area contributed by atoms with Crippen LogP contribution in [0.1, 0.15) is 50.8 Å². The Morgan fingerprint density at radius 2 is 1.95 bits per heavy atom. The maximum absolute atomic E-state index is 6.46. The quantitative estimate of drug-likeness (QED) is 0.912. The highest BCUT2D eigenvalue weighted by molar-refractivity contribution is 6.30. The third-order valence-corrected chi connectivity index (χ3v) is 5.78. The lowest BCUT2D eigenvalue weighted by atomic mass is 9.86. The smallest absolute Gasteiger partial charge is 0.131 e. The molecular formula is C16H27ClN4. The van der Waals surface area contributed by atoms with Gasteiger partial charge in [-0.05, 0) is 33.6 Å². The van der Waals surface area contributed by atoms with Crippen LogP contribution in [0.4, 0.5) is 0 Å². The molecule has 1 spiro atoms. The SMILES string of the molecule is Cc1nn(C)c(Cl)c1CN1CC(C)(C)NCC12CCCC2. The molecule has 4 nitrogen and oxygen atoms in total. The number of piperazine rings is 1. The number of halogens is 1. The van der Waals surface area contributed by atoms with Crippen LogP contribution in [-0.2, 0) is 13.6 Å². The molecule has 0 radical (unpaired) electrons. The molecule has 0 amide bonds. The van der Waals surface area contributed by atoms with Crippen LogP contribution in [0, 0.1) is 6.92 Å². The minimum absolute atomic E-state index is 0.163. The van der Waals surface area contributed by atoms with E-state index in [0.717, 1.165) is 30.5 Å². The van der Waals surface area contributed by atoms with Gasteiger partial charge < -0.3 is 5.32 Å². The van der Waals surface area contributed by atoms with Crippen molar-refractivity contribution >= 4 is 11.6 Å². The van der Waals surface area contributed by atoms with Crippen LogP contribution in [0.5, 0.6) is 0 Å². The molecule has 1 aromatic heterocycles. The number of hydrogen-bond donors (Lipinski definition) is 1. The second-order valence-corrected chi connectivity index (χ2v) is 7.86. The van der Waals surface area contributed by atoms with Gasteiger partial charge in [0, 0.05) is 43.3 Å². The normalized spacial score (nSPS) is 24.8. The van der Waals surface area contributed by atoms with E-state index in [1.807, 2.05) is 7.05 Å². The van der Waals surface area contributed by atoms with Crippen LogP contribution in [0.3, 0.4) is 0 Å². The van der Waals surface area contributed by atoms with E-state index in [4.69, 9.17) is 11.6 Å². The first-order valence-corrected chi connectivity index (χ1v) is 8.39. The number of aromatic nitrogens is 2. The Bertz CT molecular complexity index is 529. The summed E-state index contributed by atoms with van der Waals surface area (Å²) in [7, 11) is 1.92. The fourth-order valence-corrected chi connectivity index (χ4v) is 4.24. The molecule has 118 valence electrons. The van der Waals surface area contributed by atoms with E-state index in [9.17, 15) is 0 Å². The van der Waals surface area contributed by atoms with E-state index in [1.165, 1.54) is 31.2 Å². The molecule has 2 fully saturated rings. The van der Waals surface area contributed by atoms with Gasteiger partial charge in [-0.3, -0.25) is 9.58 Å². The number of aryl methyl sites for hydroxylation is 2. The molecular weight excluding hydrogens is 284 g/mol. The minimum atomic E-state index is 0.163. The van der Waals surface area contributed by atoms with E-state index in [1.54, 1.807) is 4.68 Å². The Kier molecular flexibility index (Phi) is 3.83. The summed E-state index contributed by atoms with van der Waals surface area (Å²) in [5.41, 5.74) is 2.74. The second kappa shape index (κ2) is 5.25. The molecule has 2 aliphatic rings. The van der Waals surface area contributed by atoms with Crippen molar-refractivity contribution in [1.29, 1.82) is 0 Å². The van der Waals surface area contributed by atoms with E-state index < -0.39 is 0 Å². The molecule has 2 heterocycles. The zero-order valence-corrected chi connectivity index (χ0v) is 14.4. The van der Waals surface area contributed by atoms with Crippen molar-refractivity contribution < 1.29 is 0 Å². The van der Waals surface area contributed by atoms with Gasteiger partial charge in [-0.25, -0.2) is 0 Å². The van der Waals surface area contributed by atoms with Crippen molar-refractivity contribution in [3.05, 3.63) is 16.4 Å². The lowest BCUT2D eigenvalue weighted by Crippen LogP contribution is -2.67. The third-order valence-electron chi connectivity index (χ3n) is 5.31. The Hall–Kier alpha value is -0.580. The molecule has 1 aromatic rings. The monoisotopic (exact) mass is 310 g/mol. The summed E-state index contributed by atoms with van der Waals surface area (Å²) in [6.07, 6.45) is 5.29. The molecule has 1 N–H and O–H groups in total. The molecule has 0 unspecified atom stereocenters. The van der Waals surface area contributed by atoms with Gasteiger partial charge in [0.05, 0.1) is 5.69 Å². The van der Waals surface area contributed by atoms with Gasteiger partial charge in [-0.1, -0.05) is 24.4 Å². The predicted octanol–water partition coefficient (Wildman–Crippen LogP) is 2.88. The van der Waals surface area contributed by atoms with Crippen LogP contribution < -0.4 is 5.32 Å². The predicted molar refractivity (Wildman–Crippen MR) is 86.6 cm³/mol. The number of nitrogens with one attached hydrogen (secondary N) is 1. The van der Waals surface area contributed by atoms with Crippen LogP contribution in [0.15, 0.2) is 0 Å². The van der Waals surface area contributed by atoms with Gasteiger partial charge in [0.25, 0.3) is 0 Å². The first-order valence-electron chi connectivity index (χ1n) is 8.01. The Morgan fingerprint density at radius 1 is 1.29 bits per heavy atom. The van der Waals surface area contributed by atoms with Gasteiger partial charge >= 0.3 is 0 Å². The Morgan fingerprint density at radius 3 is 2.52 bits per heavy atom. The van der Waals surface area contributed by atoms with Crippen LogP contribution >= 0.6 is 11.6 Å². The van der Waals surface area contributed by atoms with Crippen molar-refractivity contribution in [2.24, 2.45) is 7.05 Å². The Labute approximate surface area is 132 Å². The Balaban J connectivity index is 1.89. The second-order valence-electron chi connectivity index (χ2n) is 7.50. The fraction of sp³-hybridized carbons (Fsp3) is 0.812. The van der Waals surface area contributed by atoms with E-state index in [2.05, 4.69) is 36.1 Å². The summed E-state index contributed by atoms with van der Waals surface area (Å²) in [4.78, 5) is 2.67. The van der Waals surface area contributed by atoms with Crippen LogP contribution in [0.25, 0.3) is 0 Å². The highest BCUT2D eigenvalue weighted by atomic mass is 35.5. The van der Waals surface area contributed by atoms with E-state index in [0.29, 0.717) is 5.54 Å². The van der Waals surface area contributed by atoms with E-state index in [-0.39, 0.29) is 5.54 Å². The van der Waals surface area contributed by atoms with Crippen molar-refractivity contribution in [3.8, 4) is 0 Å². The molecule has 21 heavy (non-hydrogen) atoms. The maximum atomic E-state index is 6.46. The highest BCUT2D eigenvalue weighted by Crippen LogP contribution is 2.40. The molecule has 0 atom stereocenters. The van der Waals surface area contributed by atoms with Gasteiger partial charge in [0.1, 0.15) is 5.15 Å². The van der Waals surface area contributed by atoms with Gasteiger partial charge in [0.2, 0.25) is 0 Å². The van der Waals surface area contributed by atoms with Gasteiger partial charge in [-0.2, -0.15) is 5.10 Å². The van der Waals surface area contributed by atoms with Crippen molar-refractivity contribution in [2.75, 3.05) is 13.1 Å². The van der Waals surface area contributed by atoms with Gasteiger partial charge in [0.15, 0.2) is 0 Å². The molecule has 1 aliphatic heterocycles. The zero-order valence-electron chi connectivity index (χ0n) is 13.7. The summed E-state index contributed by atoms with van der Waals surface area (Å²) in [5.74, 6) is 0. The fourth-order valence-electron chi connectivity index (χ4n) is 4.01. The van der Waals surface area contributed by atoms with Crippen LogP contribution in [-0.4, -0.2) is 38.8 Å². The first kappa shape index (κ1) is 15.3. The topological polar surface area (TPSA) is 33.1 Å². The molecule has 1 saturated carbocycles. The lowest BCUT2D eigenvalue weighted by Gasteiger charge is -2.51. The minimum Gasteiger partial charge on any atom is -0.309 e. The number of nitrogens with zero attached hydrogens (tertiary/aromatic N) is 3. The molecule has 5 heteroatoms. The molecule has 0 bridgehead atoms. The summed E-state index contributed by atoms with van der Waals surface area (Å²) < 4.78 is 1.79. The largest absolute Gasteiger partial charge is 0.309 e.